The lowest BCUT2D eigenvalue weighted by Crippen LogP contribution is -2.26. The molecule has 1 aliphatic rings. The van der Waals surface area contributed by atoms with Gasteiger partial charge in [0.2, 0.25) is 5.91 Å². The molecule has 1 aliphatic heterocycles. The number of nitrogens with one attached hydrogen (secondary N) is 2. The number of anilines is 2. The van der Waals surface area contributed by atoms with Crippen LogP contribution in [0.5, 0.6) is 0 Å². The van der Waals surface area contributed by atoms with E-state index >= 15 is 0 Å². The van der Waals surface area contributed by atoms with Gasteiger partial charge < -0.3 is 10.6 Å². The van der Waals surface area contributed by atoms with E-state index in [1.54, 1.807) is 35.1 Å². The number of halogens is 2. The third kappa shape index (κ3) is 4.12. The molecule has 0 saturated carbocycles. The van der Waals surface area contributed by atoms with Crippen LogP contribution in [0.2, 0.25) is 10.0 Å². The van der Waals surface area contributed by atoms with Gasteiger partial charge in [0.25, 0.3) is 5.91 Å². The first-order valence-electron chi connectivity index (χ1n) is 8.80. The van der Waals surface area contributed by atoms with Gasteiger partial charge in [-0.15, -0.1) is 11.8 Å². The van der Waals surface area contributed by atoms with E-state index in [0.717, 1.165) is 10.5 Å². The van der Waals surface area contributed by atoms with Crippen molar-refractivity contribution in [3.63, 3.8) is 0 Å². The minimum absolute atomic E-state index is 0.0727. The molecule has 1 atom stereocenters. The molecule has 0 saturated heterocycles. The standard InChI is InChI=1S/C20H16Cl2N4O2S/c1-11-19(27)24-15-9-12(5-6-16(15)29-11)20(28)25-17-7-8-23-26(17)10-13-3-2-4-14(21)18(13)22/h2-9,11H,10H2,1H3,(H,24,27)(H,25,28)/t11-/m0/s1. The number of amides is 2. The van der Waals surface area contributed by atoms with Crippen LogP contribution in [0.15, 0.2) is 53.6 Å². The summed E-state index contributed by atoms with van der Waals surface area (Å²) in [6.07, 6.45) is 1.60. The van der Waals surface area contributed by atoms with Crippen LogP contribution in [0.3, 0.4) is 0 Å². The van der Waals surface area contributed by atoms with Gasteiger partial charge in [0.15, 0.2) is 0 Å². The number of hydrogen-bond acceptors (Lipinski definition) is 4. The zero-order valence-electron chi connectivity index (χ0n) is 15.3. The van der Waals surface area contributed by atoms with E-state index in [4.69, 9.17) is 23.2 Å². The van der Waals surface area contributed by atoms with Crippen molar-refractivity contribution >= 4 is 58.3 Å². The lowest BCUT2D eigenvalue weighted by Gasteiger charge is -2.21. The molecule has 0 radical (unpaired) electrons. The van der Waals surface area contributed by atoms with Crippen LogP contribution in [0, 0.1) is 0 Å². The van der Waals surface area contributed by atoms with E-state index < -0.39 is 0 Å². The number of benzene rings is 2. The first-order valence-corrected chi connectivity index (χ1v) is 10.4. The molecule has 2 amide bonds. The lowest BCUT2D eigenvalue weighted by molar-refractivity contribution is -0.115. The second-order valence-corrected chi connectivity index (χ2v) is 8.67. The maximum absolute atomic E-state index is 12.8. The molecule has 9 heteroatoms. The Labute approximate surface area is 181 Å². The zero-order valence-corrected chi connectivity index (χ0v) is 17.6. The van der Waals surface area contributed by atoms with Gasteiger partial charge in [0.05, 0.1) is 33.7 Å². The number of carbonyl (C=O) groups is 2. The van der Waals surface area contributed by atoms with Crippen LogP contribution in [0.25, 0.3) is 0 Å². The molecule has 29 heavy (non-hydrogen) atoms. The number of aromatic nitrogens is 2. The van der Waals surface area contributed by atoms with Crippen LogP contribution in [0.1, 0.15) is 22.8 Å². The summed E-state index contributed by atoms with van der Waals surface area (Å²) in [5, 5.41) is 10.7. The van der Waals surface area contributed by atoms with Crippen molar-refractivity contribution in [3.8, 4) is 0 Å². The highest BCUT2D eigenvalue weighted by atomic mass is 35.5. The van der Waals surface area contributed by atoms with Crippen LogP contribution in [-0.4, -0.2) is 26.8 Å². The van der Waals surface area contributed by atoms with Crippen LogP contribution in [-0.2, 0) is 11.3 Å². The third-order valence-corrected chi connectivity index (χ3v) is 6.52. The van der Waals surface area contributed by atoms with Crippen molar-refractivity contribution < 1.29 is 9.59 Å². The molecule has 0 aliphatic carbocycles. The largest absolute Gasteiger partial charge is 0.324 e. The Bertz CT molecular complexity index is 1120. The minimum atomic E-state index is -0.301. The summed E-state index contributed by atoms with van der Waals surface area (Å²) < 4.78 is 1.63. The van der Waals surface area contributed by atoms with E-state index in [-0.39, 0.29) is 17.1 Å². The SMILES string of the molecule is C[C@@H]1Sc2ccc(C(=O)Nc3ccnn3Cc3cccc(Cl)c3Cl)cc2NC1=O. The van der Waals surface area contributed by atoms with Gasteiger partial charge in [-0.1, -0.05) is 35.3 Å². The molecule has 2 N–H and O–H groups in total. The molecule has 2 heterocycles. The Balaban J connectivity index is 1.53. The number of rotatable bonds is 4. The van der Waals surface area contributed by atoms with Crippen LogP contribution < -0.4 is 10.6 Å². The van der Waals surface area contributed by atoms with Crippen molar-refractivity contribution in [2.75, 3.05) is 10.6 Å². The van der Waals surface area contributed by atoms with Crippen LogP contribution in [0.4, 0.5) is 11.5 Å². The summed E-state index contributed by atoms with van der Waals surface area (Å²) in [5.41, 5.74) is 1.87. The number of carbonyl (C=O) groups excluding carboxylic acids is 2. The van der Waals surface area contributed by atoms with Gasteiger partial charge in [-0.2, -0.15) is 5.10 Å². The van der Waals surface area contributed by atoms with Crippen molar-refractivity contribution in [2.24, 2.45) is 0 Å². The van der Waals surface area contributed by atoms with Crippen molar-refractivity contribution in [3.05, 3.63) is 69.8 Å². The van der Waals surface area contributed by atoms with Gasteiger partial charge in [-0.05, 0) is 36.8 Å². The summed E-state index contributed by atoms with van der Waals surface area (Å²) in [6, 6.07) is 12.3. The predicted molar refractivity (Wildman–Crippen MR) is 116 cm³/mol. The number of hydrogen-bond donors (Lipinski definition) is 2. The molecule has 148 valence electrons. The van der Waals surface area contributed by atoms with Crippen molar-refractivity contribution in [1.29, 1.82) is 0 Å². The first kappa shape index (κ1) is 19.8. The van der Waals surface area contributed by atoms with Crippen molar-refractivity contribution in [1.82, 2.24) is 9.78 Å². The van der Waals surface area contributed by atoms with Gasteiger partial charge >= 0.3 is 0 Å². The van der Waals surface area contributed by atoms with Gasteiger partial charge in [0, 0.05) is 16.5 Å². The third-order valence-electron chi connectivity index (χ3n) is 4.48. The first-order chi connectivity index (χ1) is 13.9. The molecular formula is C20H16Cl2N4O2S. The quantitative estimate of drug-likeness (QED) is 0.595. The highest BCUT2D eigenvalue weighted by Crippen LogP contribution is 2.36. The highest BCUT2D eigenvalue weighted by molar-refractivity contribution is 8.00. The van der Waals surface area contributed by atoms with Crippen LogP contribution >= 0.6 is 35.0 Å². The summed E-state index contributed by atoms with van der Waals surface area (Å²) in [5.74, 6) is 0.150. The number of nitrogens with zero attached hydrogens (tertiary/aromatic N) is 2. The van der Waals surface area contributed by atoms with E-state index in [9.17, 15) is 9.59 Å². The van der Waals surface area contributed by atoms with E-state index in [2.05, 4.69) is 15.7 Å². The second kappa shape index (κ2) is 8.10. The molecule has 0 spiro atoms. The second-order valence-electron chi connectivity index (χ2n) is 6.50. The minimum Gasteiger partial charge on any atom is -0.324 e. The summed E-state index contributed by atoms with van der Waals surface area (Å²) in [6.45, 7) is 2.20. The fourth-order valence-electron chi connectivity index (χ4n) is 2.94. The monoisotopic (exact) mass is 446 g/mol. The highest BCUT2D eigenvalue weighted by Gasteiger charge is 2.24. The molecule has 0 unspecified atom stereocenters. The van der Waals surface area contributed by atoms with Crippen molar-refractivity contribution in [2.45, 2.75) is 23.6 Å². The Morgan fingerprint density at radius 1 is 1.28 bits per heavy atom. The molecule has 3 aromatic rings. The fourth-order valence-corrected chi connectivity index (χ4v) is 4.25. The van der Waals surface area contributed by atoms with Gasteiger partial charge in [0.1, 0.15) is 5.82 Å². The number of fused-ring (bicyclic) bond motifs is 1. The smallest absolute Gasteiger partial charge is 0.256 e. The predicted octanol–water partition coefficient (Wildman–Crippen LogP) is 4.92. The Morgan fingerprint density at radius 3 is 2.93 bits per heavy atom. The molecule has 2 aromatic carbocycles. The molecule has 6 nitrogen and oxygen atoms in total. The summed E-state index contributed by atoms with van der Waals surface area (Å²) in [7, 11) is 0. The maximum Gasteiger partial charge on any atom is 0.256 e. The zero-order chi connectivity index (χ0) is 20.5. The molecule has 0 fully saturated rings. The normalized spacial score (nSPS) is 15.6. The lowest BCUT2D eigenvalue weighted by atomic mass is 10.1. The molecule has 4 rings (SSSR count). The Hall–Kier alpha value is -2.48. The van der Waals surface area contributed by atoms with E-state index in [0.29, 0.717) is 33.7 Å². The van der Waals surface area contributed by atoms with E-state index in [1.807, 2.05) is 25.1 Å². The van der Waals surface area contributed by atoms with Gasteiger partial charge in [-0.3, -0.25) is 9.59 Å². The molecule has 1 aromatic heterocycles. The summed E-state index contributed by atoms with van der Waals surface area (Å²) >= 11 is 13.8. The average molecular weight is 447 g/mol. The number of thioether (sulfide) groups is 1. The summed E-state index contributed by atoms with van der Waals surface area (Å²) in [4.78, 5) is 25.6. The average Bonchev–Trinajstić information content (AvgIpc) is 3.12. The Kier molecular flexibility index (Phi) is 5.54. The van der Waals surface area contributed by atoms with E-state index in [1.165, 1.54) is 11.8 Å². The molecular weight excluding hydrogens is 431 g/mol. The fraction of sp³-hybridized carbons (Fsp3) is 0.150. The van der Waals surface area contributed by atoms with Gasteiger partial charge in [-0.25, -0.2) is 4.68 Å². The maximum atomic E-state index is 12.8. The molecule has 0 bridgehead atoms. The topological polar surface area (TPSA) is 76.0 Å². The Morgan fingerprint density at radius 2 is 2.10 bits per heavy atom.